The lowest BCUT2D eigenvalue weighted by Gasteiger charge is -2.20. The van der Waals surface area contributed by atoms with E-state index < -0.39 is 0 Å². The van der Waals surface area contributed by atoms with Crippen LogP contribution >= 0.6 is 0 Å². The van der Waals surface area contributed by atoms with E-state index in [4.69, 9.17) is 15.0 Å². The van der Waals surface area contributed by atoms with Gasteiger partial charge >= 0.3 is 0 Å². The first-order valence-corrected chi connectivity index (χ1v) is 28.4. The molecular weight excluding hydrogens is 1020 g/mol. The van der Waals surface area contributed by atoms with Crippen LogP contribution in [0.4, 0.5) is 0 Å². The number of benzene rings is 10. The number of nitrogens with zero attached hydrogens (tertiary/aromatic N) is 4. The molecule has 0 aliphatic heterocycles. The molecule has 394 valence electrons. The monoisotopic (exact) mass is 1070 g/mol. The minimum atomic E-state index is 0.878. The smallest absolute Gasteiger partial charge is 0.0717 e. The number of hydrogen-bond donors (Lipinski definition) is 0. The molecule has 0 aliphatic rings. The van der Waals surface area contributed by atoms with E-state index in [0.29, 0.717) is 0 Å². The summed E-state index contributed by atoms with van der Waals surface area (Å²) in [4.78, 5) is 19.4. The molecule has 0 unspecified atom stereocenters. The van der Waals surface area contributed by atoms with Gasteiger partial charge in [-0.25, -0.2) is 0 Å². The van der Waals surface area contributed by atoms with Crippen molar-refractivity contribution < 1.29 is 0 Å². The Kier molecular flexibility index (Phi) is 14.0. The third kappa shape index (κ3) is 10.4. The molecule has 4 heterocycles. The molecule has 0 aliphatic carbocycles. The average Bonchev–Trinajstić information content (AvgIpc) is 3.60. The molecule has 0 bridgehead atoms. The van der Waals surface area contributed by atoms with Crippen LogP contribution < -0.4 is 0 Å². The van der Waals surface area contributed by atoms with Crippen molar-refractivity contribution in [1.29, 1.82) is 0 Å². The second kappa shape index (κ2) is 23.1. The summed E-state index contributed by atoms with van der Waals surface area (Å²) < 4.78 is 0. The highest BCUT2D eigenvalue weighted by atomic mass is 14.7. The molecule has 0 atom stereocenters. The van der Waals surface area contributed by atoms with Crippen molar-refractivity contribution in [2.24, 2.45) is 0 Å². The third-order valence-electron chi connectivity index (χ3n) is 15.7. The molecule has 14 rings (SSSR count). The summed E-state index contributed by atoms with van der Waals surface area (Å²) in [5, 5.41) is 0. The molecular formula is C80H54N4. The molecule has 0 amide bonds. The van der Waals surface area contributed by atoms with Crippen molar-refractivity contribution in [3.8, 4) is 145 Å². The van der Waals surface area contributed by atoms with E-state index in [1.54, 1.807) is 0 Å². The predicted molar refractivity (Wildman–Crippen MR) is 348 cm³/mol. The Morgan fingerprint density at radius 1 is 0.143 bits per heavy atom. The molecule has 0 radical (unpaired) electrons. The van der Waals surface area contributed by atoms with E-state index in [1.165, 1.54) is 11.1 Å². The van der Waals surface area contributed by atoms with Gasteiger partial charge in [-0.1, -0.05) is 212 Å². The van der Waals surface area contributed by atoms with E-state index in [0.717, 1.165) is 134 Å². The van der Waals surface area contributed by atoms with Gasteiger partial charge in [-0.05, 0) is 191 Å². The maximum absolute atomic E-state index is 5.12. The summed E-state index contributed by atoms with van der Waals surface area (Å²) in [7, 11) is 0. The fourth-order valence-corrected chi connectivity index (χ4v) is 11.6. The molecule has 4 aromatic heterocycles. The maximum atomic E-state index is 5.12. The molecule has 0 saturated carbocycles. The normalized spacial score (nSPS) is 11.1. The fourth-order valence-electron chi connectivity index (χ4n) is 11.6. The largest absolute Gasteiger partial charge is 0.256 e. The van der Waals surface area contributed by atoms with Crippen LogP contribution in [0.15, 0.2) is 328 Å². The van der Waals surface area contributed by atoms with E-state index in [1.807, 2.05) is 55.1 Å². The Labute approximate surface area is 490 Å². The lowest BCUT2D eigenvalue weighted by Crippen LogP contribution is -1.95. The summed E-state index contributed by atoms with van der Waals surface area (Å²) in [6, 6.07) is 109. The van der Waals surface area contributed by atoms with Crippen LogP contribution in [0.3, 0.4) is 0 Å². The van der Waals surface area contributed by atoms with Gasteiger partial charge in [0.25, 0.3) is 0 Å². The lowest BCUT2D eigenvalue weighted by molar-refractivity contribution is 1.28. The van der Waals surface area contributed by atoms with E-state index >= 15 is 0 Å². The van der Waals surface area contributed by atoms with Crippen molar-refractivity contribution in [3.63, 3.8) is 0 Å². The zero-order chi connectivity index (χ0) is 56.0. The fraction of sp³-hybridized carbons (Fsp3) is 0. The topological polar surface area (TPSA) is 51.6 Å². The number of pyridine rings is 4. The van der Waals surface area contributed by atoms with Crippen molar-refractivity contribution in [2.45, 2.75) is 0 Å². The molecule has 0 saturated heterocycles. The van der Waals surface area contributed by atoms with Crippen LogP contribution in [0.2, 0.25) is 0 Å². The Hall–Kier alpha value is -11.2. The summed E-state index contributed by atoms with van der Waals surface area (Å²) in [5.74, 6) is 0. The van der Waals surface area contributed by atoms with Crippen LogP contribution in [-0.4, -0.2) is 19.9 Å². The zero-order valence-corrected chi connectivity index (χ0v) is 46.0. The summed E-state index contributed by atoms with van der Waals surface area (Å²) in [6.45, 7) is 0. The van der Waals surface area contributed by atoms with E-state index in [2.05, 4.69) is 278 Å². The Balaban J connectivity index is 0.979. The van der Waals surface area contributed by atoms with Crippen LogP contribution in [0.25, 0.3) is 145 Å². The Bertz CT molecular complexity index is 4390. The first kappa shape index (κ1) is 51.0. The first-order valence-electron chi connectivity index (χ1n) is 28.4. The predicted octanol–water partition coefficient (Wildman–Crippen LogP) is 20.9. The molecule has 14 aromatic rings. The SMILES string of the molecule is c1ccc(-c2cccc(-c3cc(-c4ccccn4)ccc3-c3ccccc3-c3cc(-c4ccccc4-c4ccc(-c5ccccn5)cn4)cc(-c4ccccc4-c4ccc(-c5ccccn5)cc4-c4cccc(-c5ccccc5)c4)c3)c2)cc1. The van der Waals surface area contributed by atoms with Gasteiger partial charge in [0.05, 0.1) is 22.8 Å². The number of aromatic nitrogens is 4. The molecule has 4 nitrogen and oxygen atoms in total. The van der Waals surface area contributed by atoms with Crippen molar-refractivity contribution in [3.05, 3.63) is 328 Å². The van der Waals surface area contributed by atoms with Gasteiger partial charge < -0.3 is 0 Å². The minimum Gasteiger partial charge on any atom is -0.256 e. The third-order valence-corrected chi connectivity index (χ3v) is 15.7. The lowest BCUT2D eigenvalue weighted by atomic mass is 9.84. The van der Waals surface area contributed by atoms with Crippen molar-refractivity contribution in [1.82, 2.24) is 19.9 Å². The first-order chi connectivity index (χ1) is 41.6. The van der Waals surface area contributed by atoms with Crippen LogP contribution in [-0.2, 0) is 0 Å². The molecule has 84 heavy (non-hydrogen) atoms. The Morgan fingerprint density at radius 2 is 0.476 bits per heavy atom. The van der Waals surface area contributed by atoms with Gasteiger partial charge in [0.1, 0.15) is 0 Å². The van der Waals surface area contributed by atoms with Gasteiger partial charge in [0.2, 0.25) is 0 Å². The summed E-state index contributed by atoms with van der Waals surface area (Å²) in [5.41, 5.74) is 27.9. The highest BCUT2D eigenvalue weighted by Gasteiger charge is 2.21. The van der Waals surface area contributed by atoms with E-state index in [-0.39, 0.29) is 0 Å². The minimum absolute atomic E-state index is 0.878. The maximum Gasteiger partial charge on any atom is 0.0717 e. The second-order valence-electron chi connectivity index (χ2n) is 20.9. The van der Waals surface area contributed by atoms with Gasteiger partial charge in [-0.2, -0.15) is 0 Å². The highest BCUT2D eigenvalue weighted by Crippen LogP contribution is 2.47. The van der Waals surface area contributed by atoms with Gasteiger partial charge in [-0.15, -0.1) is 0 Å². The molecule has 0 N–H and O–H groups in total. The van der Waals surface area contributed by atoms with Crippen molar-refractivity contribution in [2.75, 3.05) is 0 Å². The molecule has 4 heteroatoms. The van der Waals surface area contributed by atoms with Gasteiger partial charge in [0, 0.05) is 47.0 Å². The van der Waals surface area contributed by atoms with Gasteiger partial charge in [0.15, 0.2) is 0 Å². The van der Waals surface area contributed by atoms with Crippen LogP contribution in [0.1, 0.15) is 0 Å². The van der Waals surface area contributed by atoms with Crippen LogP contribution in [0.5, 0.6) is 0 Å². The number of hydrogen-bond acceptors (Lipinski definition) is 4. The van der Waals surface area contributed by atoms with Crippen LogP contribution in [0, 0.1) is 0 Å². The summed E-state index contributed by atoms with van der Waals surface area (Å²) in [6.07, 6.45) is 7.48. The van der Waals surface area contributed by atoms with Crippen molar-refractivity contribution >= 4 is 0 Å². The quantitative estimate of drug-likeness (QED) is 0.115. The summed E-state index contributed by atoms with van der Waals surface area (Å²) >= 11 is 0. The number of rotatable bonds is 13. The van der Waals surface area contributed by atoms with E-state index in [9.17, 15) is 0 Å². The molecule has 0 spiro atoms. The average molecular weight is 1070 g/mol. The standard InChI is InChI=1S/C80H54N4/c1-3-21-55(22-4-1)57-25-19-27-59(47-57)75-52-61(77-35-13-16-44-81-77)38-41-72(75)70-32-10-7-29-67(70)64-49-65(51-66(50-64)69-31-9-12-34-74(69)80-43-40-63(54-84-80)79-37-15-18-46-83-79)68-30-8-11-33-71(68)73-42-39-62(78-36-14-17-45-82-78)53-76(73)60-28-20-26-58(48-60)56-23-5-2-6-24-56/h1-54H. The van der Waals surface area contributed by atoms with Gasteiger partial charge in [-0.3, -0.25) is 19.9 Å². The Morgan fingerprint density at radius 3 is 0.893 bits per heavy atom. The molecule has 0 fully saturated rings. The second-order valence-corrected chi connectivity index (χ2v) is 20.9. The molecule has 10 aromatic carbocycles. The highest BCUT2D eigenvalue weighted by molar-refractivity contribution is 5.99. The zero-order valence-electron chi connectivity index (χ0n) is 46.0.